The van der Waals surface area contributed by atoms with Crippen LogP contribution in [0.2, 0.25) is 0 Å². The minimum atomic E-state index is -3.34. The molecule has 0 aliphatic rings. The van der Waals surface area contributed by atoms with Crippen LogP contribution >= 0.6 is 0 Å². The Morgan fingerprint density at radius 3 is 0.942 bits per heavy atom. The highest BCUT2D eigenvalue weighted by Crippen LogP contribution is 2.36. The molecule has 282 valence electrons. The average Bonchev–Trinajstić information content (AvgIpc) is 3.15. The molecule has 5 aromatic rings. The molecule has 52 heavy (non-hydrogen) atoms. The fraction of sp³-hybridized carbons (Fsp3) is 0.522. The average molecular weight is 743 g/mol. The molecule has 4 nitrogen and oxygen atoms in total. The first-order valence-electron chi connectivity index (χ1n) is 20.5. The predicted octanol–water partition coefficient (Wildman–Crippen LogP) is 13.7. The maximum absolute atomic E-state index is 13.3. The lowest BCUT2D eigenvalue weighted by Crippen LogP contribution is -2.07. The minimum Gasteiger partial charge on any atom is -0.224 e. The third-order valence-electron chi connectivity index (χ3n) is 11.0. The third-order valence-corrected chi connectivity index (χ3v) is 14.6. The first-order valence-corrected chi connectivity index (χ1v) is 23.8. The van der Waals surface area contributed by atoms with E-state index < -0.39 is 19.7 Å². The molecule has 0 atom stereocenters. The Morgan fingerprint density at radius 1 is 0.327 bits per heavy atom. The molecule has 0 N–H and O–H groups in total. The quantitative estimate of drug-likeness (QED) is 0.0466. The molecule has 0 heterocycles. The van der Waals surface area contributed by atoms with Crippen molar-refractivity contribution in [2.45, 2.75) is 152 Å². The Hall–Kier alpha value is -2.96. The molecule has 6 heteroatoms. The van der Waals surface area contributed by atoms with Crippen molar-refractivity contribution in [1.29, 1.82) is 0 Å². The Labute approximate surface area is 314 Å². The summed E-state index contributed by atoms with van der Waals surface area (Å²) >= 11 is 0. The summed E-state index contributed by atoms with van der Waals surface area (Å²) in [4.78, 5) is 0.807. The van der Waals surface area contributed by atoms with E-state index in [4.69, 9.17) is 0 Å². The lowest BCUT2D eigenvalue weighted by molar-refractivity contribution is 0.557. The van der Waals surface area contributed by atoms with Gasteiger partial charge in [-0.1, -0.05) is 178 Å². The number of unbranched alkanes of at least 4 members (excludes halogenated alkanes) is 18. The van der Waals surface area contributed by atoms with Crippen molar-refractivity contribution in [3.63, 3.8) is 0 Å². The fourth-order valence-electron chi connectivity index (χ4n) is 7.84. The van der Waals surface area contributed by atoms with E-state index in [-0.39, 0.29) is 11.5 Å². The number of sulfone groups is 2. The molecule has 0 saturated carbocycles. The van der Waals surface area contributed by atoms with Crippen LogP contribution in [0.4, 0.5) is 0 Å². The number of benzene rings is 5. The molecule has 0 radical (unpaired) electrons. The van der Waals surface area contributed by atoms with Crippen LogP contribution in [0.15, 0.2) is 82.6 Å². The molecule has 0 spiro atoms. The maximum Gasteiger partial charge on any atom is 0.178 e. The molecule has 5 aromatic carbocycles. The van der Waals surface area contributed by atoms with Crippen molar-refractivity contribution in [1.82, 2.24) is 0 Å². The third kappa shape index (κ3) is 10.8. The van der Waals surface area contributed by atoms with Gasteiger partial charge >= 0.3 is 0 Å². The van der Waals surface area contributed by atoms with Gasteiger partial charge in [-0.25, -0.2) is 16.8 Å². The van der Waals surface area contributed by atoms with Crippen LogP contribution in [0.1, 0.15) is 142 Å². The zero-order valence-corrected chi connectivity index (χ0v) is 33.6. The molecular weight excluding hydrogens is 681 g/mol. The fourth-order valence-corrected chi connectivity index (χ4v) is 10.6. The van der Waals surface area contributed by atoms with E-state index in [1.165, 1.54) is 89.9 Å². The van der Waals surface area contributed by atoms with Crippen molar-refractivity contribution in [3.8, 4) is 0 Å². The van der Waals surface area contributed by atoms with Crippen LogP contribution in [0.5, 0.6) is 0 Å². The summed E-state index contributed by atoms with van der Waals surface area (Å²) in [5, 5.41) is 8.29. The summed E-state index contributed by atoms with van der Waals surface area (Å²) in [5.41, 5.74) is 0. The monoisotopic (exact) mass is 742 g/mol. The summed E-state index contributed by atoms with van der Waals surface area (Å²) in [5.74, 6) is 0.394. The van der Waals surface area contributed by atoms with Crippen molar-refractivity contribution in [3.05, 3.63) is 72.8 Å². The second kappa shape index (κ2) is 19.9. The number of rotatable bonds is 24. The zero-order chi connectivity index (χ0) is 36.8. The van der Waals surface area contributed by atoms with Gasteiger partial charge in [0.2, 0.25) is 0 Å². The maximum atomic E-state index is 13.3. The van der Waals surface area contributed by atoms with Gasteiger partial charge in [0.25, 0.3) is 0 Å². The minimum absolute atomic E-state index is 0.197. The number of hydrogen-bond acceptors (Lipinski definition) is 4. The number of hydrogen-bond donors (Lipinski definition) is 0. The highest BCUT2D eigenvalue weighted by Gasteiger charge is 2.17. The summed E-state index contributed by atoms with van der Waals surface area (Å²) in [6, 6.07) is 23.6. The van der Waals surface area contributed by atoms with Gasteiger partial charge in [-0.3, -0.25) is 0 Å². The second-order valence-electron chi connectivity index (χ2n) is 15.2. The standard InChI is InChI=1S/C46H62O4S2/c1-3-5-7-9-11-13-15-17-19-21-33-51(47,48)39-25-29-41-37(35-39)23-27-45-43(41)31-32-44-42-30-26-40(36-38(42)24-28-46(44)45)52(49,50)34-22-20-18-16-14-12-10-8-6-4-2/h23-32,35-36H,3-22,33-34H2,1-2H3. The van der Waals surface area contributed by atoms with E-state index >= 15 is 0 Å². The van der Waals surface area contributed by atoms with Crippen LogP contribution in [-0.2, 0) is 19.7 Å². The summed E-state index contributed by atoms with van der Waals surface area (Å²) in [6.07, 6.45) is 23.6. The Balaban J connectivity index is 1.21. The Kier molecular flexibility index (Phi) is 15.4. The lowest BCUT2D eigenvalue weighted by atomic mass is 9.94. The molecule has 0 unspecified atom stereocenters. The van der Waals surface area contributed by atoms with Gasteiger partial charge < -0.3 is 0 Å². The molecule has 0 bridgehead atoms. The Morgan fingerprint density at radius 2 is 0.596 bits per heavy atom. The summed E-state index contributed by atoms with van der Waals surface area (Å²) in [7, 11) is -6.69. The van der Waals surface area contributed by atoms with Gasteiger partial charge in [0, 0.05) is 0 Å². The smallest absolute Gasteiger partial charge is 0.178 e. The van der Waals surface area contributed by atoms with E-state index in [9.17, 15) is 16.8 Å². The van der Waals surface area contributed by atoms with Gasteiger partial charge in [0.1, 0.15) is 0 Å². The predicted molar refractivity (Wildman–Crippen MR) is 224 cm³/mol. The van der Waals surface area contributed by atoms with Crippen LogP contribution in [0, 0.1) is 0 Å². The molecule has 0 aliphatic carbocycles. The number of fused-ring (bicyclic) bond motifs is 7. The van der Waals surface area contributed by atoms with E-state index in [1.54, 1.807) is 12.1 Å². The molecular formula is C46H62O4S2. The van der Waals surface area contributed by atoms with E-state index in [0.717, 1.165) is 68.8 Å². The molecule has 0 aliphatic heterocycles. The van der Waals surface area contributed by atoms with Gasteiger partial charge in [0.05, 0.1) is 21.3 Å². The molecule has 5 rings (SSSR count). The van der Waals surface area contributed by atoms with Gasteiger partial charge in [-0.15, -0.1) is 0 Å². The second-order valence-corrected chi connectivity index (χ2v) is 19.4. The van der Waals surface area contributed by atoms with E-state index in [1.807, 2.05) is 36.4 Å². The van der Waals surface area contributed by atoms with Gasteiger partial charge in [-0.05, 0) is 80.2 Å². The zero-order valence-electron chi connectivity index (χ0n) is 31.9. The Bertz CT molecular complexity index is 1960. The van der Waals surface area contributed by atoms with E-state index in [2.05, 4.69) is 38.1 Å². The van der Waals surface area contributed by atoms with Crippen LogP contribution < -0.4 is 0 Å². The first kappa shape index (κ1) is 40.2. The van der Waals surface area contributed by atoms with Crippen molar-refractivity contribution in [2.24, 2.45) is 0 Å². The lowest BCUT2D eigenvalue weighted by Gasteiger charge is -2.12. The van der Waals surface area contributed by atoms with Crippen LogP contribution in [0.3, 0.4) is 0 Å². The van der Waals surface area contributed by atoms with Crippen molar-refractivity contribution < 1.29 is 16.8 Å². The van der Waals surface area contributed by atoms with Crippen molar-refractivity contribution in [2.75, 3.05) is 11.5 Å². The topological polar surface area (TPSA) is 68.3 Å². The van der Waals surface area contributed by atoms with Gasteiger partial charge in [0.15, 0.2) is 19.7 Å². The largest absolute Gasteiger partial charge is 0.224 e. The summed E-state index contributed by atoms with van der Waals surface area (Å²) < 4.78 is 53.0. The van der Waals surface area contributed by atoms with Crippen molar-refractivity contribution >= 4 is 62.8 Å². The molecule has 0 fully saturated rings. The highest BCUT2D eigenvalue weighted by molar-refractivity contribution is 7.91. The van der Waals surface area contributed by atoms with E-state index in [0.29, 0.717) is 22.6 Å². The SMILES string of the molecule is CCCCCCCCCCCCS(=O)(=O)c1ccc2c(ccc3c2ccc2c4ccc(S(=O)(=O)CCCCCCCCCCCC)cc4ccc23)c1. The van der Waals surface area contributed by atoms with Crippen LogP contribution in [-0.4, -0.2) is 28.3 Å². The van der Waals surface area contributed by atoms with Gasteiger partial charge in [-0.2, -0.15) is 0 Å². The molecule has 0 amide bonds. The first-order chi connectivity index (χ1) is 25.2. The molecule has 0 aromatic heterocycles. The summed E-state index contributed by atoms with van der Waals surface area (Å²) in [6.45, 7) is 4.48. The normalized spacial score (nSPS) is 12.5. The highest BCUT2D eigenvalue weighted by atomic mass is 32.2. The van der Waals surface area contributed by atoms with Crippen LogP contribution in [0.25, 0.3) is 43.1 Å². The molecule has 0 saturated heterocycles.